The topological polar surface area (TPSA) is 38.4 Å². The summed E-state index contributed by atoms with van der Waals surface area (Å²) < 4.78 is 0. The fraction of sp³-hybridized carbons (Fsp3) is 0.214. The van der Waals surface area contributed by atoms with Gasteiger partial charge in [0.05, 0.1) is 0 Å². The maximum absolute atomic E-state index is 5.68. The fourth-order valence-corrected chi connectivity index (χ4v) is 2.19. The maximum atomic E-state index is 5.68. The molecule has 0 amide bonds. The summed E-state index contributed by atoms with van der Waals surface area (Å²) in [6.45, 7) is 0. The minimum atomic E-state index is 0.267. The maximum Gasteiger partial charge on any atom is 0.120 e. The standard InChI is InChI=1S/C14H14N2/c15-14-13(16-14)12-8-4-7-11(9-12)10-5-2-1-3-6-10/h1-7,9,12-13H,8H2,(H2,15,16). The van der Waals surface area contributed by atoms with Gasteiger partial charge < -0.3 is 5.73 Å². The van der Waals surface area contributed by atoms with Crippen LogP contribution in [0.1, 0.15) is 12.0 Å². The highest BCUT2D eigenvalue weighted by Gasteiger charge is 2.32. The summed E-state index contributed by atoms with van der Waals surface area (Å²) in [6, 6.07) is 10.7. The molecule has 1 aliphatic heterocycles. The van der Waals surface area contributed by atoms with Gasteiger partial charge in [-0.2, -0.15) is 0 Å². The lowest BCUT2D eigenvalue weighted by atomic mass is 9.89. The number of benzene rings is 1. The Kier molecular flexibility index (Phi) is 2.13. The molecule has 0 bridgehead atoms. The van der Waals surface area contributed by atoms with Gasteiger partial charge in [-0.05, 0) is 17.6 Å². The molecule has 2 heteroatoms. The normalized spacial score (nSPS) is 27.2. The predicted octanol–water partition coefficient (Wildman–Crippen LogP) is 2.39. The molecule has 0 radical (unpaired) electrons. The summed E-state index contributed by atoms with van der Waals surface area (Å²) in [5, 5.41) is 0. The third kappa shape index (κ3) is 1.67. The largest absolute Gasteiger partial charge is 0.386 e. The molecule has 1 aromatic carbocycles. The predicted molar refractivity (Wildman–Crippen MR) is 67.1 cm³/mol. The van der Waals surface area contributed by atoms with Crippen LogP contribution in [0.4, 0.5) is 0 Å². The summed E-state index contributed by atoms with van der Waals surface area (Å²) in [5.74, 6) is 1.27. The number of amidine groups is 1. The molecule has 0 aromatic heterocycles. The molecule has 3 rings (SSSR count). The lowest BCUT2D eigenvalue weighted by Gasteiger charge is -2.15. The Morgan fingerprint density at radius 1 is 1.19 bits per heavy atom. The first-order chi connectivity index (χ1) is 7.84. The highest BCUT2D eigenvalue weighted by atomic mass is 15.1. The van der Waals surface area contributed by atoms with Crippen molar-refractivity contribution in [3.05, 3.63) is 54.1 Å². The zero-order valence-electron chi connectivity index (χ0n) is 9.01. The number of hydrogen-bond acceptors (Lipinski definition) is 2. The van der Waals surface area contributed by atoms with Gasteiger partial charge in [0.2, 0.25) is 0 Å². The first kappa shape index (κ1) is 9.40. The number of aliphatic imine (C=N–C) groups is 1. The molecule has 0 saturated carbocycles. The highest BCUT2D eigenvalue weighted by molar-refractivity contribution is 5.98. The first-order valence-corrected chi connectivity index (χ1v) is 5.61. The molecular weight excluding hydrogens is 196 g/mol. The number of hydrogen-bond donors (Lipinski definition) is 1. The molecular formula is C14H14N2. The van der Waals surface area contributed by atoms with Crippen LogP contribution in [0.3, 0.4) is 0 Å². The zero-order valence-corrected chi connectivity index (χ0v) is 9.01. The van der Waals surface area contributed by atoms with Crippen molar-refractivity contribution in [3.63, 3.8) is 0 Å². The Hall–Kier alpha value is -1.83. The van der Waals surface area contributed by atoms with Crippen LogP contribution in [0.25, 0.3) is 5.57 Å². The van der Waals surface area contributed by atoms with Crippen molar-refractivity contribution >= 4 is 11.4 Å². The number of nitrogens with zero attached hydrogens (tertiary/aromatic N) is 1. The Labute approximate surface area is 95.2 Å². The van der Waals surface area contributed by atoms with Gasteiger partial charge in [0, 0.05) is 5.92 Å². The summed E-state index contributed by atoms with van der Waals surface area (Å²) in [4.78, 5) is 4.22. The minimum Gasteiger partial charge on any atom is -0.386 e. The van der Waals surface area contributed by atoms with E-state index in [1.54, 1.807) is 0 Å². The van der Waals surface area contributed by atoms with Crippen molar-refractivity contribution in [1.29, 1.82) is 0 Å². The van der Waals surface area contributed by atoms with Crippen LogP contribution in [0.5, 0.6) is 0 Å². The molecule has 0 fully saturated rings. The fourth-order valence-electron chi connectivity index (χ4n) is 2.19. The molecule has 0 spiro atoms. The van der Waals surface area contributed by atoms with Gasteiger partial charge in [-0.25, -0.2) is 0 Å². The van der Waals surface area contributed by atoms with Gasteiger partial charge >= 0.3 is 0 Å². The molecule has 80 valence electrons. The average molecular weight is 210 g/mol. The summed E-state index contributed by atoms with van der Waals surface area (Å²) in [6.07, 6.45) is 7.74. The summed E-state index contributed by atoms with van der Waals surface area (Å²) in [5.41, 5.74) is 8.23. The van der Waals surface area contributed by atoms with Crippen LogP contribution >= 0.6 is 0 Å². The monoisotopic (exact) mass is 210 g/mol. The van der Waals surface area contributed by atoms with Crippen molar-refractivity contribution in [3.8, 4) is 0 Å². The summed E-state index contributed by atoms with van der Waals surface area (Å²) >= 11 is 0. The third-order valence-electron chi connectivity index (χ3n) is 3.14. The van der Waals surface area contributed by atoms with Crippen LogP contribution < -0.4 is 5.73 Å². The molecule has 0 saturated heterocycles. The molecule has 1 aromatic rings. The Balaban J connectivity index is 1.85. The molecule has 2 atom stereocenters. The Morgan fingerprint density at radius 3 is 2.62 bits per heavy atom. The number of rotatable bonds is 2. The van der Waals surface area contributed by atoms with E-state index in [0.717, 1.165) is 12.3 Å². The second-order valence-electron chi connectivity index (χ2n) is 4.29. The Bertz CT molecular complexity index is 483. The van der Waals surface area contributed by atoms with Gasteiger partial charge in [-0.1, -0.05) is 48.6 Å². The SMILES string of the molecule is NC1=NC1C1C=C(c2ccccc2)C=CC1. The molecule has 2 aliphatic rings. The molecule has 1 aliphatic carbocycles. The Morgan fingerprint density at radius 2 is 1.94 bits per heavy atom. The van der Waals surface area contributed by atoms with Crippen LogP contribution in [0.2, 0.25) is 0 Å². The average Bonchev–Trinajstić information content (AvgIpc) is 3.08. The lowest BCUT2D eigenvalue weighted by Crippen LogP contribution is -2.17. The van der Waals surface area contributed by atoms with E-state index in [-0.39, 0.29) is 6.04 Å². The summed E-state index contributed by atoms with van der Waals surface area (Å²) in [7, 11) is 0. The van der Waals surface area contributed by atoms with Crippen LogP contribution in [-0.4, -0.2) is 11.9 Å². The van der Waals surface area contributed by atoms with Crippen molar-refractivity contribution < 1.29 is 0 Å². The lowest BCUT2D eigenvalue weighted by molar-refractivity contribution is 0.657. The van der Waals surface area contributed by atoms with E-state index in [1.807, 2.05) is 6.07 Å². The van der Waals surface area contributed by atoms with E-state index in [1.165, 1.54) is 11.1 Å². The van der Waals surface area contributed by atoms with E-state index in [4.69, 9.17) is 5.73 Å². The van der Waals surface area contributed by atoms with Crippen molar-refractivity contribution in [2.45, 2.75) is 12.5 Å². The van der Waals surface area contributed by atoms with Crippen LogP contribution in [0.15, 0.2) is 53.6 Å². The molecule has 1 heterocycles. The quantitative estimate of drug-likeness (QED) is 0.799. The van der Waals surface area contributed by atoms with Gasteiger partial charge in [0.15, 0.2) is 0 Å². The van der Waals surface area contributed by atoms with E-state index in [9.17, 15) is 0 Å². The second-order valence-corrected chi connectivity index (χ2v) is 4.29. The van der Waals surface area contributed by atoms with E-state index >= 15 is 0 Å². The molecule has 16 heavy (non-hydrogen) atoms. The van der Waals surface area contributed by atoms with Crippen LogP contribution in [0, 0.1) is 5.92 Å². The van der Waals surface area contributed by atoms with E-state index in [0.29, 0.717) is 5.92 Å². The van der Waals surface area contributed by atoms with Crippen molar-refractivity contribution in [2.75, 3.05) is 0 Å². The molecule has 2 unspecified atom stereocenters. The molecule has 2 nitrogen and oxygen atoms in total. The van der Waals surface area contributed by atoms with Gasteiger partial charge in [-0.15, -0.1) is 0 Å². The van der Waals surface area contributed by atoms with Gasteiger partial charge in [-0.3, -0.25) is 4.99 Å². The highest BCUT2D eigenvalue weighted by Crippen LogP contribution is 2.31. The first-order valence-electron chi connectivity index (χ1n) is 5.61. The van der Waals surface area contributed by atoms with Crippen molar-refractivity contribution in [1.82, 2.24) is 0 Å². The van der Waals surface area contributed by atoms with Crippen molar-refractivity contribution in [2.24, 2.45) is 16.6 Å². The zero-order chi connectivity index (χ0) is 11.0. The van der Waals surface area contributed by atoms with Crippen LogP contribution in [-0.2, 0) is 0 Å². The van der Waals surface area contributed by atoms with Gasteiger partial charge in [0.1, 0.15) is 11.9 Å². The third-order valence-corrected chi connectivity index (χ3v) is 3.14. The van der Waals surface area contributed by atoms with E-state index < -0.39 is 0 Å². The smallest absolute Gasteiger partial charge is 0.120 e. The van der Waals surface area contributed by atoms with Gasteiger partial charge in [0.25, 0.3) is 0 Å². The molecule has 2 N–H and O–H groups in total. The minimum absolute atomic E-state index is 0.267. The van der Waals surface area contributed by atoms with E-state index in [2.05, 4.69) is 47.5 Å². The number of nitrogens with two attached hydrogens (primary N) is 1. The second kappa shape index (κ2) is 3.63. The number of allylic oxidation sites excluding steroid dienone is 3.